The van der Waals surface area contributed by atoms with Crippen molar-refractivity contribution < 1.29 is 9.53 Å². The minimum Gasteiger partial charge on any atom is -0.468 e. The number of methoxy groups -OCH3 is 1. The van der Waals surface area contributed by atoms with Gasteiger partial charge in [0, 0.05) is 6.54 Å². The minimum absolute atomic E-state index is 0.0278. The molecule has 0 spiro atoms. The first-order chi connectivity index (χ1) is 7.26. The van der Waals surface area contributed by atoms with E-state index >= 15 is 0 Å². The average molecular weight is 211 g/mol. The Balaban J connectivity index is 1.95. The number of nitrogens with zero attached hydrogens (tertiary/aromatic N) is 1. The van der Waals surface area contributed by atoms with Gasteiger partial charge in [-0.05, 0) is 44.1 Å². The van der Waals surface area contributed by atoms with Gasteiger partial charge in [-0.3, -0.25) is 9.69 Å². The third-order valence-electron chi connectivity index (χ3n) is 3.50. The van der Waals surface area contributed by atoms with Crippen LogP contribution < -0.4 is 0 Å². The fourth-order valence-electron chi connectivity index (χ4n) is 2.24. The average Bonchev–Trinajstić information content (AvgIpc) is 3.10. The third-order valence-corrected chi connectivity index (χ3v) is 3.50. The van der Waals surface area contributed by atoms with E-state index in [2.05, 4.69) is 11.8 Å². The Hall–Kier alpha value is -0.570. The van der Waals surface area contributed by atoms with Gasteiger partial charge < -0.3 is 4.74 Å². The molecule has 2 saturated carbocycles. The quantitative estimate of drug-likeness (QED) is 0.626. The normalized spacial score (nSPS) is 22.9. The monoisotopic (exact) mass is 211 g/mol. The Kier molecular flexibility index (Phi) is 3.29. The summed E-state index contributed by atoms with van der Waals surface area (Å²) in [4.78, 5) is 14.1. The van der Waals surface area contributed by atoms with Gasteiger partial charge in [0.15, 0.2) is 0 Å². The molecule has 0 radical (unpaired) electrons. The molecule has 0 aromatic carbocycles. The standard InChI is InChI=1S/C12H21NO2/c1-3-13(8-9-4-5-9)11(10-6-7-10)12(14)15-2/h9-11H,3-8H2,1-2H3. The lowest BCUT2D eigenvalue weighted by Crippen LogP contribution is -2.44. The number of hydrogen-bond donors (Lipinski definition) is 0. The van der Waals surface area contributed by atoms with Crippen LogP contribution in [0.1, 0.15) is 32.6 Å². The predicted octanol–water partition coefficient (Wildman–Crippen LogP) is 1.67. The van der Waals surface area contributed by atoms with Crippen LogP contribution in [0.2, 0.25) is 0 Å². The van der Waals surface area contributed by atoms with Gasteiger partial charge in [-0.25, -0.2) is 0 Å². The van der Waals surface area contributed by atoms with Crippen LogP contribution >= 0.6 is 0 Å². The number of rotatable bonds is 6. The molecule has 2 aliphatic rings. The van der Waals surface area contributed by atoms with E-state index in [0.29, 0.717) is 5.92 Å². The molecule has 86 valence electrons. The molecule has 3 heteroatoms. The summed E-state index contributed by atoms with van der Waals surface area (Å²) in [6, 6.07) is 0.0422. The van der Waals surface area contributed by atoms with Crippen LogP contribution in [-0.4, -0.2) is 37.1 Å². The maximum Gasteiger partial charge on any atom is 0.323 e. The number of carbonyl (C=O) groups excluding carboxylic acids is 1. The van der Waals surface area contributed by atoms with E-state index in [0.717, 1.165) is 19.0 Å². The van der Waals surface area contributed by atoms with Gasteiger partial charge in [0.1, 0.15) is 6.04 Å². The Labute approximate surface area is 91.8 Å². The van der Waals surface area contributed by atoms with Gasteiger partial charge in [-0.2, -0.15) is 0 Å². The zero-order valence-corrected chi connectivity index (χ0v) is 9.74. The van der Waals surface area contributed by atoms with Gasteiger partial charge >= 0.3 is 5.97 Å². The van der Waals surface area contributed by atoms with Gasteiger partial charge in [0.05, 0.1) is 7.11 Å². The van der Waals surface area contributed by atoms with E-state index in [-0.39, 0.29) is 12.0 Å². The van der Waals surface area contributed by atoms with E-state index in [1.165, 1.54) is 32.8 Å². The van der Waals surface area contributed by atoms with E-state index in [9.17, 15) is 4.79 Å². The lowest BCUT2D eigenvalue weighted by Gasteiger charge is -2.28. The van der Waals surface area contributed by atoms with Crippen molar-refractivity contribution in [3.8, 4) is 0 Å². The highest BCUT2D eigenvalue weighted by Gasteiger charge is 2.41. The molecule has 0 bridgehead atoms. The van der Waals surface area contributed by atoms with Crippen LogP contribution in [0.4, 0.5) is 0 Å². The zero-order valence-electron chi connectivity index (χ0n) is 9.74. The maximum absolute atomic E-state index is 11.7. The molecule has 0 aromatic rings. The first-order valence-corrected chi connectivity index (χ1v) is 6.08. The van der Waals surface area contributed by atoms with Crippen LogP contribution in [0.3, 0.4) is 0 Å². The smallest absolute Gasteiger partial charge is 0.323 e. The maximum atomic E-state index is 11.7. The van der Waals surface area contributed by atoms with E-state index < -0.39 is 0 Å². The molecule has 2 rings (SSSR count). The molecule has 3 nitrogen and oxygen atoms in total. The second-order valence-corrected chi connectivity index (χ2v) is 4.84. The van der Waals surface area contributed by atoms with Crippen LogP contribution in [0, 0.1) is 11.8 Å². The van der Waals surface area contributed by atoms with Crippen molar-refractivity contribution in [1.29, 1.82) is 0 Å². The predicted molar refractivity (Wildman–Crippen MR) is 58.5 cm³/mol. The molecular formula is C12H21NO2. The van der Waals surface area contributed by atoms with Crippen molar-refractivity contribution in [3.63, 3.8) is 0 Å². The van der Waals surface area contributed by atoms with Crippen LogP contribution in [0.25, 0.3) is 0 Å². The molecule has 0 aliphatic heterocycles. The van der Waals surface area contributed by atoms with Crippen molar-refractivity contribution in [1.82, 2.24) is 4.90 Å². The highest BCUT2D eigenvalue weighted by atomic mass is 16.5. The molecule has 15 heavy (non-hydrogen) atoms. The molecule has 0 aromatic heterocycles. The number of carbonyl (C=O) groups is 1. The lowest BCUT2D eigenvalue weighted by atomic mass is 10.1. The minimum atomic E-state index is -0.0278. The highest BCUT2D eigenvalue weighted by Crippen LogP contribution is 2.38. The summed E-state index contributed by atoms with van der Waals surface area (Å²) in [6.45, 7) is 4.19. The van der Waals surface area contributed by atoms with Gasteiger partial charge in [0.2, 0.25) is 0 Å². The Morgan fingerprint density at radius 2 is 2.07 bits per heavy atom. The number of hydrogen-bond acceptors (Lipinski definition) is 3. The molecule has 0 saturated heterocycles. The van der Waals surface area contributed by atoms with Gasteiger partial charge in [-0.15, -0.1) is 0 Å². The fourth-order valence-corrected chi connectivity index (χ4v) is 2.24. The van der Waals surface area contributed by atoms with Crippen molar-refractivity contribution in [2.24, 2.45) is 11.8 Å². The Morgan fingerprint density at radius 3 is 2.47 bits per heavy atom. The summed E-state index contributed by atoms with van der Waals surface area (Å²) < 4.78 is 4.92. The molecule has 1 atom stereocenters. The topological polar surface area (TPSA) is 29.5 Å². The summed E-state index contributed by atoms with van der Waals surface area (Å²) >= 11 is 0. The number of likely N-dealkylation sites (N-methyl/N-ethyl adjacent to an activating group) is 1. The van der Waals surface area contributed by atoms with E-state index in [1.807, 2.05) is 0 Å². The van der Waals surface area contributed by atoms with Crippen LogP contribution in [0.15, 0.2) is 0 Å². The van der Waals surface area contributed by atoms with Gasteiger partial charge in [0.25, 0.3) is 0 Å². The second-order valence-electron chi connectivity index (χ2n) is 4.84. The highest BCUT2D eigenvalue weighted by molar-refractivity contribution is 5.76. The fraction of sp³-hybridized carbons (Fsp3) is 0.917. The Morgan fingerprint density at radius 1 is 1.40 bits per heavy atom. The van der Waals surface area contributed by atoms with Crippen LogP contribution in [-0.2, 0) is 9.53 Å². The van der Waals surface area contributed by atoms with E-state index in [1.54, 1.807) is 0 Å². The number of esters is 1. The third kappa shape index (κ3) is 2.71. The second kappa shape index (κ2) is 4.52. The van der Waals surface area contributed by atoms with Crippen molar-refractivity contribution in [3.05, 3.63) is 0 Å². The first kappa shape index (κ1) is 10.9. The van der Waals surface area contributed by atoms with E-state index in [4.69, 9.17) is 4.74 Å². The largest absolute Gasteiger partial charge is 0.468 e. The van der Waals surface area contributed by atoms with Crippen LogP contribution in [0.5, 0.6) is 0 Å². The summed E-state index contributed by atoms with van der Waals surface area (Å²) in [7, 11) is 1.50. The molecule has 1 unspecified atom stereocenters. The summed E-state index contributed by atoms with van der Waals surface area (Å²) in [5, 5.41) is 0. The molecule has 0 heterocycles. The summed E-state index contributed by atoms with van der Waals surface area (Å²) in [6.07, 6.45) is 5.08. The number of ether oxygens (including phenoxy) is 1. The first-order valence-electron chi connectivity index (χ1n) is 6.08. The Bertz CT molecular complexity index is 234. The van der Waals surface area contributed by atoms with Crippen molar-refractivity contribution in [2.75, 3.05) is 20.2 Å². The molecular weight excluding hydrogens is 190 g/mol. The molecule has 2 fully saturated rings. The molecule has 0 amide bonds. The van der Waals surface area contributed by atoms with Gasteiger partial charge in [-0.1, -0.05) is 6.92 Å². The zero-order chi connectivity index (χ0) is 10.8. The molecule has 0 N–H and O–H groups in total. The lowest BCUT2D eigenvalue weighted by molar-refractivity contribution is -0.148. The van der Waals surface area contributed by atoms with Crippen molar-refractivity contribution >= 4 is 5.97 Å². The SMILES string of the molecule is CCN(CC1CC1)C(C(=O)OC)C1CC1. The summed E-state index contributed by atoms with van der Waals surface area (Å²) in [5.41, 5.74) is 0. The summed E-state index contributed by atoms with van der Waals surface area (Å²) in [5.74, 6) is 1.38. The molecule has 2 aliphatic carbocycles. The van der Waals surface area contributed by atoms with Crippen molar-refractivity contribution in [2.45, 2.75) is 38.6 Å².